The van der Waals surface area contributed by atoms with Gasteiger partial charge in [0.15, 0.2) is 0 Å². The Balaban J connectivity index is 4.25. The van der Waals surface area contributed by atoms with E-state index in [0.29, 0.717) is 13.0 Å². The van der Waals surface area contributed by atoms with E-state index in [4.69, 9.17) is 29.4 Å². The lowest BCUT2D eigenvalue weighted by molar-refractivity contribution is -0.154. The zero-order valence-corrected chi connectivity index (χ0v) is 35.2. The molecule has 0 aromatic carbocycles. The molecule has 11 heteroatoms. The van der Waals surface area contributed by atoms with Gasteiger partial charge in [0.05, 0.1) is 19.8 Å². The van der Waals surface area contributed by atoms with E-state index in [0.717, 1.165) is 64.2 Å². The Morgan fingerprint density at radius 1 is 0.593 bits per heavy atom. The fourth-order valence-corrected chi connectivity index (χ4v) is 6.52. The van der Waals surface area contributed by atoms with Gasteiger partial charge in [0.1, 0.15) is 12.1 Å². The molecule has 0 bridgehead atoms. The van der Waals surface area contributed by atoms with E-state index < -0.39 is 45.1 Å². The Morgan fingerprint density at radius 2 is 1.02 bits per heavy atom. The average molecular weight is 786 g/mol. The Kier molecular flexibility index (Phi) is 38.1. The van der Waals surface area contributed by atoms with Gasteiger partial charge in [0.2, 0.25) is 0 Å². The Bertz CT molecular complexity index is 1000. The van der Waals surface area contributed by atoms with E-state index in [9.17, 15) is 19.0 Å². The van der Waals surface area contributed by atoms with E-state index in [1.54, 1.807) is 0 Å². The highest BCUT2D eigenvalue weighted by Gasteiger charge is 2.27. The number of carboxylic acid groups (broad SMARTS) is 1. The van der Waals surface area contributed by atoms with E-state index in [2.05, 4.69) is 50.3 Å². The summed E-state index contributed by atoms with van der Waals surface area (Å²) in [5, 5.41) is 8.89. The van der Waals surface area contributed by atoms with Crippen molar-refractivity contribution in [3.63, 3.8) is 0 Å². The van der Waals surface area contributed by atoms with Crippen molar-refractivity contribution in [3.05, 3.63) is 36.5 Å². The molecule has 0 fully saturated rings. The number of hydrogen-bond acceptors (Lipinski definition) is 8. The summed E-state index contributed by atoms with van der Waals surface area (Å²) in [6, 6.07) is -1.47. The van der Waals surface area contributed by atoms with Gasteiger partial charge >= 0.3 is 19.8 Å². The predicted octanol–water partition coefficient (Wildman–Crippen LogP) is 11.7. The first-order valence-electron chi connectivity index (χ1n) is 21.5. The molecule has 0 saturated carbocycles. The number of carboxylic acids is 1. The summed E-state index contributed by atoms with van der Waals surface area (Å²) < 4.78 is 33.3. The van der Waals surface area contributed by atoms with Crippen LogP contribution in [0.2, 0.25) is 0 Å². The maximum atomic E-state index is 12.6. The second kappa shape index (κ2) is 39.4. The molecule has 54 heavy (non-hydrogen) atoms. The second-order valence-electron chi connectivity index (χ2n) is 14.5. The maximum absolute atomic E-state index is 12.6. The molecule has 3 unspecified atom stereocenters. The van der Waals surface area contributed by atoms with Crippen LogP contribution >= 0.6 is 7.82 Å². The average Bonchev–Trinajstić information content (AvgIpc) is 3.15. The predicted molar refractivity (Wildman–Crippen MR) is 221 cm³/mol. The van der Waals surface area contributed by atoms with E-state index >= 15 is 0 Å². The SMILES string of the molecule is CCCCC/C=C\C/C=C\CCCCCCCCCCOCC(COP(=O)(O)OCC(N)C(=O)O)OC(=O)CCCCCCC/C=C\CCCCCCC. The lowest BCUT2D eigenvalue weighted by atomic mass is 10.1. The molecular formula is C43H80NO9P. The van der Waals surface area contributed by atoms with Crippen LogP contribution < -0.4 is 5.73 Å². The third-order valence-electron chi connectivity index (χ3n) is 9.14. The molecule has 3 atom stereocenters. The monoisotopic (exact) mass is 786 g/mol. The lowest BCUT2D eigenvalue weighted by Crippen LogP contribution is -2.34. The number of rotatable bonds is 41. The topological polar surface area (TPSA) is 155 Å². The Hall–Kier alpha value is -1.81. The Labute approximate surface area is 329 Å². The van der Waals surface area contributed by atoms with Crippen LogP contribution in [-0.4, -0.2) is 60.5 Å². The van der Waals surface area contributed by atoms with Crippen molar-refractivity contribution in [3.8, 4) is 0 Å². The number of esters is 1. The van der Waals surface area contributed by atoms with E-state index in [-0.39, 0.29) is 13.0 Å². The van der Waals surface area contributed by atoms with Crippen molar-refractivity contribution in [2.24, 2.45) is 5.73 Å². The summed E-state index contributed by atoms with van der Waals surface area (Å²) in [6.07, 6.45) is 43.3. The number of nitrogens with two attached hydrogens (primary N) is 1. The second-order valence-corrected chi connectivity index (χ2v) is 15.9. The summed E-state index contributed by atoms with van der Waals surface area (Å²) in [5.74, 6) is -1.79. The van der Waals surface area contributed by atoms with Crippen molar-refractivity contribution in [2.45, 2.75) is 199 Å². The zero-order valence-electron chi connectivity index (χ0n) is 34.3. The van der Waals surface area contributed by atoms with Gasteiger partial charge in [-0.05, 0) is 70.6 Å². The molecule has 0 aliphatic rings. The number of ether oxygens (including phenoxy) is 2. The molecular weight excluding hydrogens is 705 g/mol. The minimum absolute atomic E-state index is 0.0102. The molecule has 0 aliphatic carbocycles. The van der Waals surface area contributed by atoms with Gasteiger partial charge in [-0.1, -0.05) is 147 Å². The highest BCUT2D eigenvalue weighted by Crippen LogP contribution is 2.43. The van der Waals surface area contributed by atoms with Gasteiger partial charge in [-0.15, -0.1) is 0 Å². The number of carbonyl (C=O) groups is 2. The number of allylic oxidation sites excluding steroid dienone is 6. The van der Waals surface area contributed by atoms with Crippen molar-refractivity contribution >= 4 is 19.8 Å². The van der Waals surface area contributed by atoms with Crippen LogP contribution in [0.1, 0.15) is 187 Å². The van der Waals surface area contributed by atoms with Crippen LogP contribution in [-0.2, 0) is 32.7 Å². The largest absolute Gasteiger partial charge is 0.480 e. The molecule has 10 nitrogen and oxygen atoms in total. The van der Waals surface area contributed by atoms with Crippen LogP contribution in [0.3, 0.4) is 0 Å². The molecule has 0 rings (SSSR count). The van der Waals surface area contributed by atoms with Crippen LogP contribution in [0.5, 0.6) is 0 Å². The molecule has 0 heterocycles. The van der Waals surface area contributed by atoms with Crippen LogP contribution in [0.4, 0.5) is 0 Å². The van der Waals surface area contributed by atoms with Gasteiger partial charge in [-0.2, -0.15) is 0 Å². The number of hydrogen-bond donors (Lipinski definition) is 3. The molecule has 0 aliphatic heterocycles. The lowest BCUT2D eigenvalue weighted by Gasteiger charge is -2.20. The highest BCUT2D eigenvalue weighted by atomic mass is 31.2. The number of phosphoric acid groups is 1. The van der Waals surface area contributed by atoms with Crippen molar-refractivity contribution < 1.29 is 42.7 Å². The Morgan fingerprint density at radius 3 is 1.56 bits per heavy atom. The fraction of sp³-hybridized carbons (Fsp3) is 0.814. The summed E-state index contributed by atoms with van der Waals surface area (Å²) in [5.41, 5.74) is 5.35. The first-order valence-corrected chi connectivity index (χ1v) is 23.0. The van der Waals surface area contributed by atoms with Gasteiger partial charge in [0, 0.05) is 13.0 Å². The van der Waals surface area contributed by atoms with Crippen molar-refractivity contribution in [2.75, 3.05) is 26.4 Å². The third-order valence-corrected chi connectivity index (χ3v) is 10.1. The minimum Gasteiger partial charge on any atom is -0.480 e. The standard InChI is InChI=1S/C43H80NO9P/c1-3-5-7-9-11-13-15-17-19-20-21-22-24-26-28-30-32-34-36-50-37-40(38-51-54(48,49)52-39-41(44)43(46)47)53-42(45)35-33-31-29-27-25-23-18-16-14-12-10-8-6-4-2/h11,13,16-19,40-41H,3-10,12,14-15,20-39,44H2,1-2H3,(H,46,47)(H,48,49)/b13-11-,18-16-,19-17-. The quantitative estimate of drug-likeness (QED) is 0.0236. The highest BCUT2D eigenvalue weighted by molar-refractivity contribution is 7.47. The van der Waals surface area contributed by atoms with Crippen LogP contribution in [0, 0.1) is 0 Å². The molecule has 0 saturated heterocycles. The molecule has 0 amide bonds. The minimum atomic E-state index is -4.62. The van der Waals surface area contributed by atoms with Gasteiger partial charge < -0.3 is 25.2 Å². The number of aliphatic carboxylic acids is 1. The number of phosphoric ester groups is 1. The molecule has 0 aromatic heterocycles. The van der Waals surface area contributed by atoms with Gasteiger partial charge in [-0.3, -0.25) is 18.6 Å². The third kappa shape index (κ3) is 38.5. The van der Waals surface area contributed by atoms with Crippen LogP contribution in [0.25, 0.3) is 0 Å². The fourth-order valence-electron chi connectivity index (χ4n) is 5.75. The maximum Gasteiger partial charge on any atom is 0.472 e. The van der Waals surface area contributed by atoms with Crippen molar-refractivity contribution in [1.29, 1.82) is 0 Å². The van der Waals surface area contributed by atoms with E-state index in [1.807, 2.05) is 0 Å². The smallest absolute Gasteiger partial charge is 0.472 e. The molecule has 316 valence electrons. The first-order chi connectivity index (χ1) is 26.2. The molecule has 0 radical (unpaired) electrons. The van der Waals surface area contributed by atoms with Gasteiger partial charge in [-0.25, -0.2) is 4.57 Å². The summed E-state index contributed by atoms with van der Waals surface area (Å²) in [6.45, 7) is 3.83. The molecule has 0 aromatic rings. The summed E-state index contributed by atoms with van der Waals surface area (Å²) >= 11 is 0. The molecule has 0 spiro atoms. The van der Waals surface area contributed by atoms with E-state index in [1.165, 1.54) is 96.3 Å². The first kappa shape index (κ1) is 52.2. The number of unbranched alkanes of at least 4 members (excludes halogenated alkanes) is 21. The summed E-state index contributed by atoms with van der Waals surface area (Å²) in [7, 11) is -4.62. The van der Waals surface area contributed by atoms with Crippen LogP contribution in [0.15, 0.2) is 36.5 Å². The summed E-state index contributed by atoms with van der Waals surface area (Å²) in [4.78, 5) is 33.5. The molecule has 4 N–H and O–H groups in total. The zero-order chi connectivity index (χ0) is 39.8. The van der Waals surface area contributed by atoms with Gasteiger partial charge in [0.25, 0.3) is 0 Å². The van der Waals surface area contributed by atoms with Crippen molar-refractivity contribution in [1.82, 2.24) is 0 Å². The number of carbonyl (C=O) groups excluding carboxylic acids is 1. The normalized spacial score (nSPS) is 14.3.